The number of aromatic nitrogens is 2. The maximum absolute atomic E-state index is 5.65. The summed E-state index contributed by atoms with van der Waals surface area (Å²) in [6, 6.07) is 8.05. The van der Waals surface area contributed by atoms with Gasteiger partial charge in [-0.25, -0.2) is 0 Å². The fourth-order valence-electron chi connectivity index (χ4n) is 2.28. The van der Waals surface area contributed by atoms with Gasteiger partial charge in [-0.15, -0.1) is 0 Å². The van der Waals surface area contributed by atoms with Gasteiger partial charge in [-0.05, 0) is 12.1 Å². The highest BCUT2D eigenvalue weighted by Crippen LogP contribution is 2.57. The van der Waals surface area contributed by atoms with Gasteiger partial charge in [-0.1, -0.05) is 12.1 Å². The zero-order valence-corrected chi connectivity index (χ0v) is 7.92. The van der Waals surface area contributed by atoms with Crippen molar-refractivity contribution in [3.8, 4) is 11.4 Å². The Morgan fingerprint density at radius 2 is 1.40 bits per heavy atom. The van der Waals surface area contributed by atoms with E-state index in [1.54, 1.807) is 12.4 Å². The second kappa shape index (κ2) is 2.44. The third-order valence-corrected chi connectivity index (χ3v) is 3.01. The van der Waals surface area contributed by atoms with Gasteiger partial charge in [0, 0.05) is 23.5 Å². The minimum absolute atomic E-state index is 0.213. The predicted molar refractivity (Wildman–Crippen MR) is 54.0 cm³/mol. The maximum Gasteiger partial charge on any atom is 0.116 e. The molecule has 0 amide bonds. The van der Waals surface area contributed by atoms with Crippen molar-refractivity contribution < 1.29 is 4.74 Å². The summed E-state index contributed by atoms with van der Waals surface area (Å²) < 4.78 is 5.65. The summed E-state index contributed by atoms with van der Waals surface area (Å²) in [5.74, 6) is 0. The van der Waals surface area contributed by atoms with E-state index < -0.39 is 0 Å². The van der Waals surface area contributed by atoms with Crippen LogP contribution in [0.15, 0.2) is 36.7 Å². The van der Waals surface area contributed by atoms with E-state index in [9.17, 15) is 0 Å². The minimum atomic E-state index is 0.213. The van der Waals surface area contributed by atoms with Crippen molar-refractivity contribution in [3.63, 3.8) is 0 Å². The van der Waals surface area contributed by atoms with Crippen LogP contribution in [0.1, 0.15) is 23.3 Å². The van der Waals surface area contributed by atoms with Crippen molar-refractivity contribution in [3.05, 3.63) is 47.8 Å². The van der Waals surface area contributed by atoms with E-state index >= 15 is 0 Å². The molecule has 4 rings (SSSR count). The molecule has 0 saturated carbocycles. The molecule has 0 spiro atoms. The van der Waals surface area contributed by atoms with E-state index in [-0.39, 0.29) is 12.2 Å². The van der Waals surface area contributed by atoms with Gasteiger partial charge in [0.15, 0.2) is 0 Å². The fourth-order valence-corrected chi connectivity index (χ4v) is 2.28. The summed E-state index contributed by atoms with van der Waals surface area (Å²) in [7, 11) is 0. The summed E-state index contributed by atoms with van der Waals surface area (Å²) in [5.41, 5.74) is 4.31. The van der Waals surface area contributed by atoms with E-state index in [4.69, 9.17) is 4.74 Å². The highest BCUT2D eigenvalue weighted by molar-refractivity contribution is 5.68. The van der Waals surface area contributed by atoms with Crippen molar-refractivity contribution in [2.24, 2.45) is 0 Å². The largest absolute Gasteiger partial charge is 0.359 e. The Labute approximate surface area is 86.8 Å². The van der Waals surface area contributed by atoms with Crippen LogP contribution in [0.5, 0.6) is 0 Å². The molecule has 1 aliphatic carbocycles. The normalized spacial score (nSPS) is 25.1. The van der Waals surface area contributed by atoms with Gasteiger partial charge >= 0.3 is 0 Å². The average molecular weight is 196 g/mol. The van der Waals surface area contributed by atoms with Gasteiger partial charge in [0.2, 0.25) is 0 Å². The van der Waals surface area contributed by atoms with Crippen LogP contribution >= 0.6 is 0 Å². The molecule has 1 saturated heterocycles. The van der Waals surface area contributed by atoms with E-state index in [0.29, 0.717) is 0 Å². The van der Waals surface area contributed by atoms with Gasteiger partial charge < -0.3 is 4.74 Å². The summed E-state index contributed by atoms with van der Waals surface area (Å²) in [6.07, 6.45) is 4.04. The SMILES string of the molecule is c1cnc2c(c1)[C@H]1O[C@H]1c1cccnc1-2. The maximum atomic E-state index is 5.65. The summed E-state index contributed by atoms with van der Waals surface area (Å²) in [4.78, 5) is 8.79. The van der Waals surface area contributed by atoms with Crippen LogP contribution < -0.4 is 0 Å². The third kappa shape index (κ3) is 0.882. The Kier molecular flexibility index (Phi) is 1.22. The van der Waals surface area contributed by atoms with Gasteiger partial charge in [-0.2, -0.15) is 0 Å². The van der Waals surface area contributed by atoms with E-state index in [1.807, 2.05) is 12.1 Å². The molecule has 0 radical (unpaired) electrons. The first-order valence-corrected chi connectivity index (χ1v) is 5.01. The molecule has 2 atom stereocenters. The van der Waals surface area contributed by atoms with Gasteiger partial charge in [0.05, 0.1) is 11.4 Å². The molecule has 15 heavy (non-hydrogen) atoms. The van der Waals surface area contributed by atoms with Crippen LogP contribution in [-0.2, 0) is 4.74 Å². The van der Waals surface area contributed by atoms with Crippen molar-refractivity contribution in [2.45, 2.75) is 12.2 Å². The Balaban J connectivity index is 2.09. The fraction of sp³-hybridized carbons (Fsp3) is 0.167. The minimum Gasteiger partial charge on any atom is -0.359 e. The lowest BCUT2D eigenvalue weighted by Crippen LogP contribution is -2.02. The van der Waals surface area contributed by atoms with E-state index in [0.717, 1.165) is 11.4 Å². The van der Waals surface area contributed by atoms with Crippen LogP contribution in [0.2, 0.25) is 0 Å². The van der Waals surface area contributed by atoms with Crippen LogP contribution in [0, 0.1) is 0 Å². The lowest BCUT2D eigenvalue weighted by molar-refractivity contribution is 0.380. The van der Waals surface area contributed by atoms with E-state index in [2.05, 4.69) is 22.1 Å². The van der Waals surface area contributed by atoms with Gasteiger partial charge in [0.1, 0.15) is 12.2 Å². The number of epoxide rings is 1. The van der Waals surface area contributed by atoms with Gasteiger partial charge in [-0.3, -0.25) is 9.97 Å². The standard InChI is InChI=1S/C12H8N2O/c1-3-7-9(13-5-1)10-8(4-2-6-14-10)12-11(7)15-12/h1-6,11-12H/t11-,12+. The third-order valence-electron chi connectivity index (χ3n) is 3.01. The summed E-state index contributed by atoms with van der Waals surface area (Å²) in [6.45, 7) is 0. The second-order valence-corrected chi connectivity index (χ2v) is 3.86. The molecule has 3 heteroatoms. The number of rotatable bonds is 0. The molecule has 3 nitrogen and oxygen atoms in total. The topological polar surface area (TPSA) is 38.3 Å². The van der Waals surface area contributed by atoms with Crippen molar-refractivity contribution in [2.75, 3.05) is 0 Å². The quantitative estimate of drug-likeness (QED) is 0.606. The van der Waals surface area contributed by atoms with Gasteiger partial charge in [0.25, 0.3) is 0 Å². The first kappa shape index (κ1) is 7.54. The number of ether oxygens (including phenoxy) is 1. The molecule has 2 aliphatic rings. The van der Waals surface area contributed by atoms with Crippen molar-refractivity contribution in [1.29, 1.82) is 0 Å². The lowest BCUT2D eigenvalue weighted by atomic mass is 9.93. The highest BCUT2D eigenvalue weighted by atomic mass is 16.6. The molecular formula is C12H8N2O. The molecule has 0 bridgehead atoms. The average Bonchev–Trinajstić information content (AvgIpc) is 3.10. The number of pyridine rings is 2. The Hall–Kier alpha value is -1.74. The van der Waals surface area contributed by atoms with Crippen LogP contribution in [0.25, 0.3) is 11.4 Å². The zero-order chi connectivity index (χ0) is 9.83. The molecule has 2 aromatic heterocycles. The molecule has 72 valence electrons. The molecular weight excluding hydrogens is 188 g/mol. The van der Waals surface area contributed by atoms with Crippen LogP contribution in [0.3, 0.4) is 0 Å². The summed E-state index contributed by atoms with van der Waals surface area (Å²) in [5, 5.41) is 0. The number of nitrogens with zero attached hydrogens (tertiary/aromatic N) is 2. The molecule has 1 fully saturated rings. The monoisotopic (exact) mass is 196 g/mol. The number of fused-ring (bicyclic) bond motifs is 6. The van der Waals surface area contributed by atoms with Crippen molar-refractivity contribution in [1.82, 2.24) is 9.97 Å². The molecule has 1 aliphatic heterocycles. The van der Waals surface area contributed by atoms with Crippen LogP contribution in [0.4, 0.5) is 0 Å². The molecule has 2 aromatic rings. The lowest BCUT2D eigenvalue weighted by Gasteiger charge is -2.13. The van der Waals surface area contributed by atoms with E-state index in [1.165, 1.54) is 11.1 Å². The zero-order valence-electron chi connectivity index (χ0n) is 7.92. The van der Waals surface area contributed by atoms with Crippen molar-refractivity contribution >= 4 is 0 Å². The Bertz CT molecular complexity index is 503. The number of hydrogen-bond acceptors (Lipinski definition) is 3. The highest BCUT2D eigenvalue weighted by Gasteiger charge is 2.48. The second-order valence-electron chi connectivity index (χ2n) is 3.86. The molecule has 0 aromatic carbocycles. The molecule has 0 N–H and O–H groups in total. The number of hydrogen-bond donors (Lipinski definition) is 0. The molecule has 0 unspecified atom stereocenters. The summed E-state index contributed by atoms with van der Waals surface area (Å²) >= 11 is 0. The smallest absolute Gasteiger partial charge is 0.116 e. The first-order chi connectivity index (χ1) is 7.45. The molecule has 3 heterocycles. The predicted octanol–water partition coefficient (Wildman–Crippen LogP) is 2.27. The Morgan fingerprint density at radius 1 is 0.867 bits per heavy atom. The van der Waals surface area contributed by atoms with Crippen LogP contribution in [-0.4, -0.2) is 9.97 Å². The Morgan fingerprint density at radius 3 is 1.93 bits per heavy atom. The first-order valence-electron chi connectivity index (χ1n) is 5.01.